The third-order valence-electron chi connectivity index (χ3n) is 3.98. The van der Waals surface area contributed by atoms with Crippen LogP contribution >= 0.6 is 0 Å². The van der Waals surface area contributed by atoms with Crippen molar-refractivity contribution in [3.8, 4) is 0 Å². The van der Waals surface area contributed by atoms with Gasteiger partial charge in [-0.2, -0.15) is 0 Å². The Labute approximate surface area is 130 Å². The Bertz CT molecular complexity index is 585. The maximum atomic E-state index is 11.8. The smallest absolute Gasteiger partial charge is 0.254 e. The third kappa shape index (κ3) is 3.67. The fraction of sp³-hybridized carbons (Fsp3) is 0.412. The summed E-state index contributed by atoms with van der Waals surface area (Å²) in [4.78, 5) is 18.7. The van der Waals surface area contributed by atoms with Crippen LogP contribution in [0.3, 0.4) is 0 Å². The van der Waals surface area contributed by atoms with Gasteiger partial charge < -0.3 is 14.6 Å². The molecule has 0 atom stereocenters. The second-order valence-corrected chi connectivity index (χ2v) is 5.62. The summed E-state index contributed by atoms with van der Waals surface area (Å²) in [6.07, 6.45) is 9.88. The summed E-state index contributed by atoms with van der Waals surface area (Å²) < 4.78 is 4.90. The van der Waals surface area contributed by atoms with Crippen molar-refractivity contribution in [2.24, 2.45) is 0 Å². The Morgan fingerprint density at radius 2 is 2.00 bits per heavy atom. The summed E-state index contributed by atoms with van der Waals surface area (Å²) >= 11 is 0. The molecule has 0 radical (unpaired) electrons. The van der Waals surface area contributed by atoms with Crippen molar-refractivity contribution in [3.05, 3.63) is 48.0 Å². The molecule has 0 spiro atoms. The average Bonchev–Trinajstić information content (AvgIpc) is 2.96. The third-order valence-corrected chi connectivity index (χ3v) is 3.98. The van der Waals surface area contributed by atoms with E-state index in [0.717, 1.165) is 24.5 Å². The molecule has 2 aromatic rings. The molecule has 1 saturated heterocycles. The van der Waals surface area contributed by atoms with Crippen LogP contribution in [0.15, 0.2) is 41.3 Å². The number of hydrogen-bond acceptors (Lipinski definition) is 4. The minimum absolute atomic E-state index is 0.134. The fourth-order valence-electron chi connectivity index (χ4n) is 2.69. The standard InChI is InChI=1S/C17H21N3O2/c21-17(15-7-10-22-13-15)19-12-14-5-6-16(18-11-14)20-8-3-1-2-4-9-20/h5-7,10-11,13H,1-4,8-9,12H2,(H,19,21). The van der Waals surface area contributed by atoms with Crippen LogP contribution < -0.4 is 10.2 Å². The molecule has 1 fully saturated rings. The van der Waals surface area contributed by atoms with E-state index in [1.54, 1.807) is 6.07 Å². The van der Waals surface area contributed by atoms with Gasteiger partial charge in [0.05, 0.1) is 11.8 Å². The van der Waals surface area contributed by atoms with E-state index >= 15 is 0 Å². The fourth-order valence-corrected chi connectivity index (χ4v) is 2.69. The van der Waals surface area contributed by atoms with Crippen LogP contribution in [0.5, 0.6) is 0 Å². The quantitative estimate of drug-likeness (QED) is 0.943. The summed E-state index contributed by atoms with van der Waals surface area (Å²) in [6.45, 7) is 2.64. The molecule has 0 aliphatic carbocycles. The molecule has 1 aliphatic rings. The van der Waals surface area contributed by atoms with Gasteiger partial charge in [0.1, 0.15) is 12.1 Å². The molecular formula is C17H21N3O2. The molecule has 1 amide bonds. The lowest BCUT2D eigenvalue weighted by Gasteiger charge is -2.21. The number of aromatic nitrogens is 1. The van der Waals surface area contributed by atoms with Gasteiger partial charge in [0.25, 0.3) is 5.91 Å². The van der Waals surface area contributed by atoms with Crippen LogP contribution in [0.4, 0.5) is 5.82 Å². The first kappa shape index (κ1) is 14.6. The second-order valence-electron chi connectivity index (χ2n) is 5.62. The van der Waals surface area contributed by atoms with Crippen molar-refractivity contribution < 1.29 is 9.21 Å². The minimum Gasteiger partial charge on any atom is -0.472 e. The number of amides is 1. The lowest BCUT2D eigenvalue weighted by molar-refractivity contribution is 0.0950. The molecule has 2 aromatic heterocycles. The number of nitrogens with zero attached hydrogens (tertiary/aromatic N) is 2. The summed E-state index contributed by atoms with van der Waals surface area (Å²) in [5, 5.41) is 2.86. The van der Waals surface area contributed by atoms with Crippen molar-refractivity contribution in [1.82, 2.24) is 10.3 Å². The molecule has 1 aliphatic heterocycles. The van der Waals surface area contributed by atoms with Gasteiger partial charge in [-0.05, 0) is 30.5 Å². The van der Waals surface area contributed by atoms with Gasteiger partial charge >= 0.3 is 0 Å². The van der Waals surface area contributed by atoms with E-state index in [2.05, 4.69) is 15.2 Å². The van der Waals surface area contributed by atoms with Crippen LogP contribution in [-0.2, 0) is 6.54 Å². The number of nitrogens with one attached hydrogen (secondary N) is 1. The highest BCUT2D eigenvalue weighted by molar-refractivity contribution is 5.93. The largest absolute Gasteiger partial charge is 0.472 e. The molecule has 3 heterocycles. The number of carbonyl (C=O) groups excluding carboxylic acids is 1. The normalized spacial score (nSPS) is 15.4. The Kier molecular flexibility index (Phi) is 4.73. The molecule has 0 aromatic carbocycles. The highest BCUT2D eigenvalue weighted by Gasteiger charge is 2.11. The van der Waals surface area contributed by atoms with Crippen LogP contribution in [0.1, 0.15) is 41.6 Å². The Morgan fingerprint density at radius 1 is 1.18 bits per heavy atom. The molecule has 5 nitrogen and oxygen atoms in total. The van der Waals surface area contributed by atoms with Crippen LogP contribution in [0, 0.1) is 0 Å². The Balaban J connectivity index is 1.56. The van der Waals surface area contributed by atoms with Crippen LogP contribution in [-0.4, -0.2) is 24.0 Å². The highest BCUT2D eigenvalue weighted by Crippen LogP contribution is 2.17. The Hall–Kier alpha value is -2.30. The van der Waals surface area contributed by atoms with Crippen molar-refractivity contribution >= 4 is 11.7 Å². The van der Waals surface area contributed by atoms with Gasteiger partial charge in [-0.1, -0.05) is 18.9 Å². The predicted molar refractivity (Wildman–Crippen MR) is 84.8 cm³/mol. The molecule has 0 saturated carbocycles. The molecular weight excluding hydrogens is 278 g/mol. The average molecular weight is 299 g/mol. The zero-order valence-corrected chi connectivity index (χ0v) is 12.6. The first-order valence-corrected chi connectivity index (χ1v) is 7.83. The van der Waals surface area contributed by atoms with E-state index in [1.807, 2.05) is 18.3 Å². The molecule has 116 valence electrons. The van der Waals surface area contributed by atoms with E-state index in [9.17, 15) is 4.79 Å². The van der Waals surface area contributed by atoms with Crippen molar-refractivity contribution in [2.45, 2.75) is 32.2 Å². The van der Waals surface area contributed by atoms with Crippen LogP contribution in [0.25, 0.3) is 0 Å². The first-order chi connectivity index (χ1) is 10.8. The van der Waals surface area contributed by atoms with E-state index in [4.69, 9.17) is 4.42 Å². The number of furan rings is 1. The zero-order chi connectivity index (χ0) is 15.2. The van der Waals surface area contributed by atoms with E-state index in [0.29, 0.717) is 12.1 Å². The predicted octanol–water partition coefficient (Wildman–Crippen LogP) is 2.99. The monoisotopic (exact) mass is 299 g/mol. The van der Waals surface area contributed by atoms with Gasteiger partial charge in [0, 0.05) is 25.8 Å². The van der Waals surface area contributed by atoms with Gasteiger partial charge in [-0.25, -0.2) is 4.98 Å². The number of pyridine rings is 1. The van der Waals surface area contributed by atoms with Gasteiger partial charge in [-0.3, -0.25) is 4.79 Å². The van der Waals surface area contributed by atoms with Crippen molar-refractivity contribution in [3.63, 3.8) is 0 Å². The molecule has 0 bridgehead atoms. The molecule has 1 N–H and O–H groups in total. The lowest BCUT2D eigenvalue weighted by atomic mass is 10.2. The van der Waals surface area contributed by atoms with Gasteiger partial charge in [0.2, 0.25) is 0 Å². The number of carbonyl (C=O) groups is 1. The van der Waals surface area contributed by atoms with E-state index in [1.165, 1.54) is 38.2 Å². The van der Waals surface area contributed by atoms with Crippen molar-refractivity contribution in [2.75, 3.05) is 18.0 Å². The second kappa shape index (κ2) is 7.11. The number of hydrogen-bond donors (Lipinski definition) is 1. The Morgan fingerprint density at radius 3 is 2.64 bits per heavy atom. The van der Waals surface area contributed by atoms with Gasteiger partial charge in [0.15, 0.2) is 0 Å². The number of rotatable bonds is 4. The lowest BCUT2D eigenvalue weighted by Crippen LogP contribution is -2.25. The SMILES string of the molecule is O=C(NCc1ccc(N2CCCCCC2)nc1)c1ccoc1. The van der Waals surface area contributed by atoms with E-state index < -0.39 is 0 Å². The summed E-state index contributed by atoms with van der Waals surface area (Å²) in [5.74, 6) is 0.900. The summed E-state index contributed by atoms with van der Waals surface area (Å²) in [5.41, 5.74) is 1.53. The van der Waals surface area contributed by atoms with Gasteiger partial charge in [-0.15, -0.1) is 0 Å². The van der Waals surface area contributed by atoms with Crippen LogP contribution in [0.2, 0.25) is 0 Å². The van der Waals surface area contributed by atoms with E-state index in [-0.39, 0.29) is 5.91 Å². The summed E-state index contributed by atoms with van der Waals surface area (Å²) in [6, 6.07) is 5.73. The molecule has 5 heteroatoms. The molecule has 22 heavy (non-hydrogen) atoms. The molecule has 0 unspecified atom stereocenters. The highest BCUT2D eigenvalue weighted by atomic mass is 16.3. The minimum atomic E-state index is -0.134. The maximum Gasteiger partial charge on any atom is 0.254 e. The first-order valence-electron chi connectivity index (χ1n) is 7.83. The molecule has 3 rings (SSSR count). The zero-order valence-electron chi connectivity index (χ0n) is 12.6. The summed E-state index contributed by atoms with van der Waals surface area (Å²) in [7, 11) is 0. The topological polar surface area (TPSA) is 58.4 Å². The number of anilines is 1. The maximum absolute atomic E-state index is 11.8. The van der Waals surface area contributed by atoms with Crippen molar-refractivity contribution in [1.29, 1.82) is 0 Å².